The van der Waals surface area contributed by atoms with Crippen molar-refractivity contribution in [1.82, 2.24) is 20.2 Å². The quantitative estimate of drug-likeness (QED) is 0.655. The average molecular weight is 384 g/mol. The highest BCUT2D eigenvalue weighted by Crippen LogP contribution is 2.36. The maximum absolute atomic E-state index is 12.8. The van der Waals surface area contributed by atoms with E-state index in [1.165, 1.54) is 23.1 Å². The Labute approximate surface area is 151 Å². The zero-order valence-electron chi connectivity index (χ0n) is 13.2. The van der Waals surface area contributed by atoms with E-state index < -0.39 is 11.7 Å². The van der Waals surface area contributed by atoms with E-state index >= 15 is 0 Å². The highest BCUT2D eigenvalue weighted by molar-refractivity contribution is 6.31. The molecular formula is C16H13ClF3N5O. The van der Waals surface area contributed by atoms with E-state index in [-0.39, 0.29) is 11.6 Å². The Balaban J connectivity index is 1.56. The number of anilines is 1. The number of rotatable bonds is 6. The molecule has 0 aliphatic carbocycles. The summed E-state index contributed by atoms with van der Waals surface area (Å²) in [5, 5.41) is 13.4. The van der Waals surface area contributed by atoms with Crippen LogP contribution in [0.25, 0.3) is 5.69 Å². The first-order chi connectivity index (χ1) is 12.4. The van der Waals surface area contributed by atoms with Gasteiger partial charge in [0.05, 0.1) is 16.3 Å². The van der Waals surface area contributed by atoms with Gasteiger partial charge in [0.15, 0.2) is 0 Å². The predicted octanol–water partition coefficient (Wildman–Crippen LogP) is 3.83. The molecule has 0 fully saturated rings. The van der Waals surface area contributed by atoms with Crippen molar-refractivity contribution in [2.75, 3.05) is 18.5 Å². The number of benzene rings is 2. The van der Waals surface area contributed by atoms with Gasteiger partial charge in [-0.1, -0.05) is 17.7 Å². The monoisotopic (exact) mass is 383 g/mol. The Morgan fingerprint density at radius 2 is 2.00 bits per heavy atom. The van der Waals surface area contributed by atoms with E-state index in [0.29, 0.717) is 18.0 Å². The molecule has 6 nitrogen and oxygen atoms in total. The van der Waals surface area contributed by atoms with Crippen molar-refractivity contribution < 1.29 is 17.9 Å². The Morgan fingerprint density at radius 3 is 2.73 bits per heavy atom. The molecule has 1 heterocycles. The van der Waals surface area contributed by atoms with Gasteiger partial charge >= 0.3 is 6.18 Å². The number of hydrogen-bond donors (Lipinski definition) is 1. The maximum atomic E-state index is 12.8. The Kier molecular flexibility index (Phi) is 5.27. The second kappa shape index (κ2) is 7.61. The van der Waals surface area contributed by atoms with E-state index in [2.05, 4.69) is 20.8 Å². The number of halogens is 4. The zero-order valence-corrected chi connectivity index (χ0v) is 14.0. The van der Waals surface area contributed by atoms with Crippen LogP contribution < -0.4 is 10.1 Å². The summed E-state index contributed by atoms with van der Waals surface area (Å²) in [5.74, 6) is 0.590. The van der Waals surface area contributed by atoms with E-state index in [9.17, 15) is 13.2 Å². The number of ether oxygens (including phenoxy) is 1. The molecular weight excluding hydrogens is 371 g/mol. The van der Waals surface area contributed by atoms with Gasteiger partial charge in [-0.25, -0.2) is 4.68 Å². The first-order valence-corrected chi connectivity index (χ1v) is 7.88. The van der Waals surface area contributed by atoms with Crippen LogP contribution in [0.3, 0.4) is 0 Å². The molecule has 0 bridgehead atoms. The molecule has 0 amide bonds. The Morgan fingerprint density at radius 1 is 1.15 bits per heavy atom. The number of hydrogen-bond acceptors (Lipinski definition) is 5. The number of aromatic nitrogens is 4. The molecule has 3 aromatic rings. The highest BCUT2D eigenvalue weighted by Gasteiger charge is 2.33. The highest BCUT2D eigenvalue weighted by atomic mass is 35.5. The van der Waals surface area contributed by atoms with Crippen molar-refractivity contribution in [3.8, 4) is 11.4 Å². The van der Waals surface area contributed by atoms with Gasteiger partial charge in [0.1, 0.15) is 18.7 Å². The van der Waals surface area contributed by atoms with Crippen LogP contribution in [0, 0.1) is 0 Å². The predicted molar refractivity (Wildman–Crippen MR) is 89.6 cm³/mol. The van der Waals surface area contributed by atoms with Crippen molar-refractivity contribution >= 4 is 17.3 Å². The fraction of sp³-hybridized carbons (Fsp3) is 0.188. The van der Waals surface area contributed by atoms with Gasteiger partial charge in [0.25, 0.3) is 0 Å². The largest absolute Gasteiger partial charge is 0.492 e. The maximum Gasteiger partial charge on any atom is 0.417 e. The van der Waals surface area contributed by atoms with Crippen LogP contribution in [0.15, 0.2) is 48.8 Å². The van der Waals surface area contributed by atoms with E-state index in [4.69, 9.17) is 16.3 Å². The number of alkyl halides is 3. The summed E-state index contributed by atoms with van der Waals surface area (Å²) >= 11 is 5.59. The van der Waals surface area contributed by atoms with Crippen LogP contribution in [-0.4, -0.2) is 33.4 Å². The second-order valence-electron chi connectivity index (χ2n) is 5.22. The number of nitrogens with one attached hydrogen (secondary N) is 1. The van der Waals surface area contributed by atoms with Crippen LogP contribution in [0.4, 0.5) is 18.9 Å². The van der Waals surface area contributed by atoms with Gasteiger partial charge < -0.3 is 10.1 Å². The molecule has 0 saturated carbocycles. The Hall–Kier alpha value is -2.81. The summed E-state index contributed by atoms with van der Waals surface area (Å²) in [6, 6.07) is 10.8. The minimum absolute atomic E-state index is 0.253. The van der Waals surface area contributed by atoms with Crippen molar-refractivity contribution in [3.63, 3.8) is 0 Å². The van der Waals surface area contributed by atoms with Gasteiger partial charge in [-0.2, -0.15) is 13.2 Å². The fourth-order valence-electron chi connectivity index (χ4n) is 2.21. The van der Waals surface area contributed by atoms with Crippen molar-refractivity contribution in [1.29, 1.82) is 0 Å². The van der Waals surface area contributed by atoms with Crippen LogP contribution in [-0.2, 0) is 6.18 Å². The van der Waals surface area contributed by atoms with Crippen LogP contribution >= 0.6 is 11.6 Å². The van der Waals surface area contributed by atoms with Gasteiger partial charge in [0, 0.05) is 18.3 Å². The molecule has 0 unspecified atom stereocenters. The van der Waals surface area contributed by atoms with Gasteiger partial charge in [-0.15, -0.1) is 5.10 Å². The lowest BCUT2D eigenvalue weighted by Crippen LogP contribution is -2.13. The van der Waals surface area contributed by atoms with E-state index in [0.717, 1.165) is 11.8 Å². The van der Waals surface area contributed by atoms with Gasteiger partial charge in [-0.3, -0.25) is 0 Å². The van der Waals surface area contributed by atoms with E-state index in [1.54, 1.807) is 18.2 Å². The number of nitrogens with zero attached hydrogens (tertiary/aromatic N) is 4. The van der Waals surface area contributed by atoms with Crippen molar-refractivity contribution in [2.24, 2.45) is 0 Å². The minimum atomic E-state index is -4.50. The molecule has 1 N–H and O–H groups in total. The molecule has 0 atom stereocenters. The summed E-state index contributed by atoms with van der Waals surface area (Å²) in [4.78, 5) is 0. The third kappa shape index (κ3) is 4.42. The normalized spacial score (nSPS) is 11.4. The molecule has 0 saturated heterocycles. The second-order valence-corrected chi connectivity index (χ2v) is 5.63. The fourth-order valence-corrected chi connectivity index (χ4v) is 2.44. The molecule has 1 aromatic heterocycles. The SMILES string of the molecule is FC(F)(F)c1cc(NCCOc2cccc(-n3cnnn3)c2)ccc1Cl. The van der Waals surface area contributed by atoms with Crippen LogP contribution in [0.5, 0.6) is 5.75 Å². The molecule has 0 spiro atoms. The standard InChI is InChI=1S/C16H13ClF3N5O/c17-15-5-4-11(8-14(15)16(18,19)20)21-6-7-26-13-3-1-2-12(9-13)25-10-22-23-24-25/h1-5,8-10,21H,6-7H2. The van der Waals surface area contributed by atoms with Crippen molar-refractivity contribution in [2.45, 2.75) is 6.18 Å². The average Bonchev–Trinajstić information content (AvgIpc) is 3.14. The lowest BCUT2D eigenvalue weighted by molar-refractivity contribution is -0.137. The molecule has 26 heavy (non-hydrogen) atoms. The summed E-state index contributed by atoms with van der Waals surface area (Å²) in [6.07, 6.45) is -3.04. The van der Waals surface area contributed by atoms with Crippen molar-refractivity contribution in [3.05, 3.63) is 59.4 Å². The van der Waals surface area contributed by atoms with Crippen LogP contribution in [0.2, 0.25) is 5.02 Å². The molecule has 3 rings (SSSR count). The summed E-state index contributed by atoms with van der Waals surface area (Å²) < 4.78 is 45.6. The summed E-state index contributed by atoms with van der Waals surface area (Å²) in [7, 11) is 0. The van der Waals surface area contributed by atoms with Gasteiger partial charge in [-0.05, 0) is 40.8 Å². The summed E-state index contributed by atoms with van der Waals surface area (Å²) in [5.41, 5.74) is 0.167. The smallest absolute Gasteiger partial charge is 0.417 e. The molecule has 0 radical (unpaired) electrons. The topological polar surface area (TPSA) is 64.9 Å². The molecule has 0 aliphatic rings. The Bertz CT molecular complexity index is 871. The lowest BCUT2D eigenvalue weighted by Gasteiger charge is -2.13. The molecule has 2 aromatic carbocycles. The molecule has 136 valence electrons. The summed E-state index contributed by atoms with van der Waals surface area (Å²) in [6.45, 7) is 0.567. The zero-order chi connectivity index (χ0) is 18.6. The number of tetrazole rings is 1. The first kappa shape index (κ1) is 18.0. The van der Waals surface area contributed by atoms with E-state index in [1.807, 2.05) is 6.07 Å². The lowest BCUT2D eigenvalue weighted by atomic mass is 10.2. The molecule has 10 heteroatoms. The van der Waals surface area contributed by atoms with Gasteiger partial charge in [0.2, 0.25) is 0 Å². The van der Waals surface area contributed by atoms with Crippen LogP contribution in [0.1, 0.15) is 5.56 Å². The first-order valence-electron chi connectivity index (χ1n) is 7.50. The third-order valence-electron chi connectivity index (χ3n) is 3.40. The molecule has 0 aliphatic heterocycles. The minimum Gasteiger partial charge on any atom is -0.492 e. The third-order valence-corrected chi connectivity index (χ3v) is 3.73.